The molecule has 0 spiro atoms. The lowest BCUT2D eigenvalue weighted by Gasteiger charge is -2.45. The van der Waals surface area contributed by atoms with Gasteiger partial charge in [-0.3, -0.25) is 10.2 Å². The minimum atomic E-state index is -2.18. The zero-order chi connectivity index (χ0) is 33.4. The van der Waals surface area contributed by atoms with Crippen molar-refractivity contribution >= 4 is 46.7 Å². The molecule has 2 aliphatic heterocycles. The van der Waals surface area contributed by atoms with Gasteiger partial charge in [0, 0.05) is 12.8 Å². The number of hydrogen-bond acceptors (Lipinski definition) is 12. The lowest BCUT2D eigenvalue weighted by atomic mass is 9.96. The van der Waals surface area contributed by atoms with Crippen molar-refractivity contribution in [3.8, 4) is 11.5 Å². The molecule has 15 heteroatoms. The Morgan fingerprint density at radius 2 is 1.39 bits per heavy atom. The van der Waals surface area contributed by atoms with E-state index in [9.17, 15) is 9.90 Å². The molecule has 254 valence electrons. The number of carbonyl (C=O) groups is 1. The maximum atomic E-state index is 12.1. The first-order valence-electron chi connectivity index (χ1n) is 14.4. The molecule has 12 nitrogen and oxygen atoms in total. The zero-order valence-electron chi connectivity index (χ0n) is 25.7. The predicted octanol–water partition coefficient (Wildman–Crippen LogP) is 4.56. The van der Waals surface area contributed by atoms with E-state index < -0.39 is 58.8 Å². The van der Waals surface area contributed by atoms with Gasteiger partial charge in [0.2, 0.25) is 12.2 Å². The van der Waals surface area contributed by atoms with Crippen LogP contribution >= 0.6 is 34.8 Å². The van der Waals surface area contributed by atoms with E-state index in [1.165, 1.54) is 6.92 Å². The van der Waals surface area contributed by atoms with Gasteiger partial charge in [-0.25, -0.2) is 0 Å². The third-order valence-electron chi connectivity index (χ3n) is 7.39. The molecular formula is C31H38Cl3NO11. The molecule has 2 aliphatic rings. The number of alkyl halides is 3. The Hall–Kier alpha value is -2.39. The molecule has 2 aromatic carbocycles. The van der Waals surface area contributed by atoms with Gasteiger partial charge in [0.15, 0.2) is 12.4 Å². The van der Waals surface area contributed by atoms with E-state index in [2.05, 4.69) is 0 Å². The fourth-order valence-corrected chi connectivity index (χ4v) is 5.08. The average molecular weight is 707 g/mol. The number of methoxy groups -OCH3 is 2. The zero-order valence-corrected chi connectivity index (χ0v) is 28.0. The Labute approximate surface area is 282 Å². The van der Waals surface area contributed by atoms with Crippen molar-refractivity contribution in [3.63, 3.8) is 0 Å². The maximum Gasteiger partial charge on any atom is 0.303 e. The van der Waals surface area contributed by atoms with Crippen LogP contribution in [0.1, 0.15) is 25.0 Å². The predicted molar refractivity (Wildman–Crippen MR) is 167 cm³/mol. The highest BCUT2D eigenvalue weighted by Gasteiger charge is 2.49. The highest BCUT2D eigenvalue weighted by molar-refractivity contribution is 6.76. The SMILES string of the molecule is COc1ccc(COC2COC(OC3C(C)COC(OC(=N)C(Cl)(Cl)Cl)C3OC(C)=O)C(O)C2OCc2ccc(OC)cc2)cc1. The van der Waals surface area contributed by atoms with E-state index in [-0.39, 0.29) is 32.3 Å². The van der Waals surface area contributed by atoms with Gasteiger partial charge < -0.3 is 47.7 Å². The average Bonchev–Trinajstić information content (AvgIpc) is 3.03. The second-order valence-corrected chi connectivity index (χ2v) is 13.1. The number of hydrogen-bond donors (Lipinski definition) is 2. The lowest BCUT2D eigenvalue weighted by Crippen LogP contribution is -2.60. The van der Waals surface area contributed by atoms with Crippen LogP contribution in [-0.4, -0.2) is 91.3 Å². The Kier molecular flexibility index (Phi) is 13.2. The van der Waals surface area contributed by atoms with Crippen LogP contribution in [0.15, 0.2) is 48.5 Å². The first kappa shape index (κ1) is 36.4. The van der Waals surface area contributed by atoms with Crippen LogP contribution in [-0.2, 0) is 51.2 Å². The second kappa shape index (κ2) is 16.6. The highest BCUT2D eigenvalue weighted by Crippen LogP contribution is 2.34. The molecule has 0 amide bonds. The van der Waals surface area contributed by atoms with Gasteiger partial charge in [-0.1, -0.05) is 66.0 Å². The Balaban J connectivity index is 1.51. The quantitative estimate of drug-likeness (QED) is 0.139. The largest absolute Gasteiger partial charge is 0.497 e. The van der Waals surface area contributed by atoms with Gasteiger partial charge in [-0.05, 0) is 35.4 Å². The van der Waals surface area contributed by atoms with E-state index in [0.717, 1.165) is 11.1 Å². The number of aliphatic hydroxyl groups is 1. The summed E-state index contributed by atoms with van der Waals surface area (Å²) < 4.78 is 49.6. The van der Waals surface area contributed by atoms with Crippen LogP contribution in [0, 0.1) is 11.3 Å². The van der Waals surface area contributed by atoms with Crippen LogP contribution in [0.4, 0.5) is 0 Å². The van der Waals surface area contributed by atoms with Crippen molar-refractivity contribution in [1.82, 2.24) is 0 Å². The number of nitrogens with one attached hydrogen (secondary N) is 1. The van der Waals surface area contributed by atoms with Gasteiger partial charge in [0.1, 0.15) is 35.9 Å². The van der Waals surface area contributed by atoms with Crippen LogP contribution in [0.25, 0.3) is 0 Å². The van der Waals surface area contributed by atoms with Crippen molar-refractivity contribution in [2.45, 2.75) is 74.0 Å². The number of esters is 1. The molecule has 2 aromatic rings. The Bertz CT molecular complexity index is 1280. The van der Waals surface area contributed by atoms with E-state index >= 15 is 0 Å². The van der Waals surface area contributed by atoms with Gasteiger partial charge in [-0.15, -0.1) is 0 Å². The summed E-state index contributed by atoms with van der Waals surface area (Å²) >= 11 is 17.4. The fourth-order valence-electron chi connectivity index (χ4n) is 4.95. The minimum Gasteiger partial charge on any atom is -0.497 e. The number of carbonyl (C=O) groups excluding carboxylic acids is 1. The van der Waals surface area contributed by atoms with Gasteiger partial charge in [0.05, 0.1) is 40.6 Å². The molecule has 0 saturated carbocycles. The number of aliphatic hydroxyl groups excluding tert-OH is 1. The summed E-state index contributed by atoms with van der Waals surface area (Å²) in [6, 6.07) is 14.7. The van der Waals surface area contributed by atoms with Crippen molar-refractivity contribution in [2.75, 3.05) is 27.4 Å². The molecule has 0 aromatic heterocycles. The van der Waals surface area contributed by atoms with Crippen molar-refractivity contribution in [1.29, 1.82) is 5.41 Å². The maximum absolute atomic E-state index is 12.1. The number of halogens is 3. The van der Waals surface area contributed by atoms with Gasteiger partial charge >= 0.3 is 5.97 Å². The second-order valence-electron chi connectivity index (χ2n) is 10.8. The fraction of sp³-hybridized carbons (Fsp3) is 0.548. The summed E-state index contributed by atoms with van der Waals surface area (Å²) in [4.78, 5) is 12.1. The van der Waals surface area contributed by atoms with Crippen LogP contribution < -0.4 is 9.47 Å². The van der Waals surface area contributed by atoms with Crippen LogP contribution in [0.2, 0.25) is 0 Å². The molecule has 0 radical (unpaired) electrons. The molecule has 2 saturated heterocycles. The third kappa shape index (κ3) is 9.82. The summed E-state index contributed by atoms with van der Waals surface area (Å²) in [6.07, 6.45) is -7.56. The smallest absolute Gasteiger partial charge is 0.303 e. The molecule has 2 fully saturated rings. The molecule has 2 N–H and O–H groups in total. The molecule has 8 unspecified atom stereocenters. The molecule has 0 bridgehead atoms. The summed E-state index contributed by atoms with van der Waals surface area (Å²) in [7, 11) is 3.17. The molecule has 8 atom stereocenters. The lowest BCUT2D eigenvalue weighted by molar-refractivity contribution is -0.329. The number of benzene rings is 2. The number of rotatable bonds is 12. The summed E-state index contributed by atoms with van der Waals surface area (Å²) in [5.41, 5.74) is 1.73. The summed E-state index contributed by atoms with van der Waals surface area (Å²) in [6.45, 7) is 3.46. The van der Waals surface area contributed by atoms with E-state index in [1.54, 1.807) is 21.1 Å². The highest BCUT2D eigenvalue weighted by atomic mass is 35.6. The standard InChI is InChI=1S/C31H38Cl3NO11/c1-17-13-42-29(46-30(35)31(32,33)34)27(44-18(2)36)25(17)45-28-24(37)26(41-15-20-7-11-22(39-4)12-8-20)23(16-43-28)40-14-19-5-9-21(38-3)10-6-19/h5-12,17,23-29,35,37H,13-16H2,1-4H3. The number of ether oxygens (including phenoxy) is 9. The third-order valence-corrected chi connectivity index (χ3v) is 7.91. The molecule has 2 heterocycles. The van der Waals surface area contributed by atoms with E-state index in [1.807, 2.05) is 48.5 Å². The normalized spacial score (nSPS) is 28.3. The summed E-state index contributed by atoms with van der Waals surface area (Å²) in [5, 5.41) is 19.6. The van der Waals surface area contributed by atoms with Crippen LogP contribution in [0.5, 0.6) is 11.5 Å². The van der Waals surface area contributed by atoms with Crippen LogP contribution in [0.3, 0.4) is 0 Å². The van der Waals surface area contributed by atoms with Gasteiger partial charge in [0.25, 0.3) is 3.79 Å². The first-order valence-corrected chi connectivity index (χ1v) is 15.6. The molecule has 0 aliphatic carbocycles. The Morgan fingerprint density at radius 3 is 1.91 bits per heavy atom. The van der Waals surface area contributed by atoms with Crippen molar-refractivity contribution in [3.05, 3.63) is 59.7 Å². The van der Waals surface area contributed by atoms with Gasteiger partial charge in [-0.2, -0.15) is 0 Å². The summed E-state index contributed by atoms with van der Waals surface area (Å²) in [5.74, 6) is -0.353. The monoisotopic (exact) mass is 705 g/mol. The van der Waals surface area contributed by atoms with E-state index in [4.69, 9.17) is 82.8 Å². The van der Waals surface area contributed by atoms with Crippen molar-refractivity contribution in [2.24, 2.45) is 5.92 Å². The minimum absolute atomic E-state index is 0.0127. The topological polar surface area (TPSA) is 144 Å². The Morgan fingerprint density at radius 1 is 0.848 bits per heavy atom. The van der Waals surface area contributed by atoms with E-state index in [0.29, 0.717) is 11.5 Å². The molecule has 46 heavy (non-hydrogen) atoms. The first-order chi connectivity index (χ1) is 21.9. The molecule has 4 rings (SSSR count). The molecular weight excluding hydrogens is 669 g/mol. The van der Waals surface area contributed by atoms with Crippen molar-refractivity contribution < 1.29 is 52.5 Å².